The summed E-state index contributed by atoms with van der Waals surface area (Å²) in [5.74, 6) is -1.57. The number of benzene rings is 1. The van der Waals surface area contributed by atoms with Crippen molar-refractivity contribution in [2.24, 2.45) is 5.73 Å². The third-order valence-corrected chi connectivity index (χ3v) is 2.66. The maximum atomic E-state index is 13.6. The summed E-state index contributed by atoms with van der Waals surface area (Å²) in [4.78, 5) is 7.91. The molecule has 19 heavy (non-hydrogen) atoms. The molecule has 0 aliphatic heterocycles. The van der Waals surface area contributed by atoms with Gasteiger partial charge in [-0.3, -0.25) is 0 Å². The van der Waals surface area contributed by atoms with Crippen LogP contribution < -0.4 is 11.1 Å². The van der Waals surface area contributed by atoms with Crippen LogP contribution in [0.1, 0.15) is 5.69 Å². The Kier molecular flexibility index (Phi) is 3.87. The number of nitrogens with zero attached hydrogens (tertiary/aromatic N) is 2. The number of thiocarbonyl (C=S) groups is 1. The summed E-state index contributed by atoms with van der Waals surface area (Å²) in [6, 6.07) is 3.19. The van der Waals surface area contributed by atoms with Gasteiger partial charge in [-0.25, -0.2) is 18.7 Å². The minimum absolute atomic E-state index is 0.0534. The average molecular weight is 301 g/mol. The largest absolute Gasteiger partial charge is 0.388 e. The highest BCUT2D eigenvalue weighted by atomic mass is 35.5. The van der Waals surface area contributed by atoms with Crippen LogP contribution in [0.25, 0.3) is 0 Å². The lowest BCUT2D eigenvalue weighted by molar-refractivity contribution is 0.586. The number of hydrogen-bond acceptors (Lipinski definition) is 4. The first kappa shape index (κ1) is 13.6. The zero-order valence-electron chi connectivity index (χ0n) is 9.32. The number of nitrogens with one attached hydrogen (secondary N) is 1. The zero-order valence-corrected chi connectivity index (χ0v) is 10.9. The molecule has 0 saturated heterocycles. The van der Waals surface area contributed by atoms with Crippen LogP contribution in [0.15, 0.2) is 24.4 Å². The van der Waals surface area contributed by atoms with Gasteiger partial charge in [-0.2, -0.15) is 0 Å². The molecule has 0 bridgehead atoms. The molecule has 0 unspecified atom stereocenters. The normalized spacial score (nSPS) is 10.3. The molecule has 1 heterocycles. The van der Waals surface area contributed by atoms with E-state index in [0.29, 0.717) is 11.8 Å². The van der Waals surface area contributed by atoms with Crippen molar-refractivity contribution in [3.8, 4) is 0 Å². The Bertz CT molecular complexity index is 627. The molecule has 2 rings (SSSR count). The van der Waals surface area contributed by atoms with Gasteiger partial charge >= 0.3 is 0 Å². The Hall–Kier alpha value is -1.86. The Balaban J connectivity index is 2.36. The van der Waals surface area contributed by atoms with Gasteiger partial charge in [-0.05, 0) is 12.1 Å². The van der Waals surface area contributed by atoms with Gasteiger partial charge in [-0.15, -0.1) is 0 Å². The Labute approximate surface area is 117 Å². The summed E-state index contributed by atoms with van der Waals surface area (Å²) in [5.41, 5.74) is 5.62. The number of rotatable bonds is 3. The molecular formula is C11H7ClF2N4S. The van der Waals surface area contributed by atoms with Crippen LogP contribution in [-0.2, 0) is 0 Å². The molecule has 8 heteroatoms. The first-order valence-electron chi connectivity index (χ1n) is 5.02. The highest BCUT2D eigenvalue weighted by molar-refractivity contribution is 7.80. The fourth-order valence-corrected chi connectivity index (χ4v) is 1.69. The summed E-state index contributed by atoms with van der Waals surface area (Å²) >= 11 is 10.5. The monoisotopic (exact) mass is 300 g/mol. The Morgan fingerprint density at radius 3 is 2.74 bits per heavy atom. The van der Waals surface area contributed by atoms with Crippen LogP contribution in [-0.4, -0.2) is 15.0 Å². The van der Waals surface area contributed by atoms with E-state index in [1.54, 1.807) is 0 Å². The second-order valence-electron chi connectivity index (χ2n) is 3.50. The summed E-state index contributed by atoms with van der Waals surface area (Å²) < 4.78 is 26.5. The van der Waals surface area contributed by atoms with Crippen molar-refractivity contribution in [3.63, 3.8) is 0 Å². The fraction of sp³-hybridized carbons (Fsp3) is 0. The van der Waals surface area contributed by atoms with Crippen molar-refractivity contribution < 1.29 is 8.78 Å². The van der Waals surface area contributed by atoms with Crippen molar-refractivity contribution in [1.82, 2.24) is 9.97 Å². The quantitative estimate of drug-likeness (QED) is 0.853. The summed E-state index contributed by atoms with van der Waals surface area (Å²) in [7, 11) is 0. The molecular weight excluding hydrogens is 294 g/mol. The first-order valence-corrected chi connectivity index (χ1v) is 5.80. The smallest absolute Gasteiger partial charge is 0.227 e. The van der Waals surface area contributed by atoms with E-state index in [9.17, 15) is 8.78 Å². The molecule has 1 aromatic carbocycles. The molecule has 0 saturated carbocycles. The predicted molar refractivity (Wildman–Crippen MR) is 72.6 cm³/mol. The topological polar surface area (TPSA) is 63.8 Å². The van der Waals surface area contributed by atoms with Crippen molar-refractivity contribution in [2.75, 3.05) is 5.32 Å². The lowest BCUT2D eigenvalue weighted by Gasteiger charge is -2.08. The van der Waals surface area contributed by atoms with E-state index in [0.717, 1.165) is 6.07 Å². The number of anilines is 2. The van der Waals surface area contributed by atoms with Gasteiger partial charge in [0.15, 0.2) is 5.82 Å². The molecule has 0 fully saturated rings. The van der Waals surface area contributed by atoms with E-state index >= 15 is 0 Å². The first-order chi connectivity index (χ1) is 8.97. The van der Waals surface area contributed by atoms with Gasteiger partial charge in [0.25, 0.3) is 0 Å². The standard InChI is InChI=1S/C11H7ClF2N4S/c12-6-3-5(13)4-7(14)9(6)18-11-16-2-1-8(17-11)10(15)19/h1-4H,(H2,15,19)(H,16,17,18). The second kappa shape index (κ2) is 5.41. The number of aromatic nitrogens is 2. The van der Waals surface area contributed by atoms with Crippen molar-refractivity contribution in [2.45, 2.75) is 0 Å². The molecule has 3 N–H and O–H groups in total. The fourth-order valence-electron chi connectivity index (χ4n) is 1.33. The maximum Gasteiger partial charge on any atom is 0.227 e. The van der Waals surface area contributed by atoms with Gasteiger partial charge in [0.1, 0.15) is 16.5 Å². The van der Waals surface area contributed by atoms with Crippen LogP contribution >= 0.6 is 23.8 Å². The molecule has 1 aromatic heterocycles. The highest BCUT2D eigenvalue weighted by Crippen LogP contribution is 2.28. The summed E-state index contributed by atoms with van der Waals surface area (Å²) in [5, 5.41) is 2.43. The summed E-state index contributed by atoms with van der Waals surface area (Å²) in [6.45, 7) is 0. The van der Waals surface area contributed by atoms with Crippen molar-refractivity contribution in [1.29, 1.82) is 0 Å². The third-order valence-electron chi connectivity index (χ3n) is 2.15. The molecule has 0 amide bonds. The van der Waals surface area contributed by atoms with Crippen LogP contribution in [0.4, 0.5) is 20.4 Å². The molecule has 0 radical (unpaired) electrons. The lowest BCUT2D eigenvalue weighted by Crippen LogP contribution is -2.13. The maximum absolute atomic E-state index is 13.6. The Morgan fingerprint density at radius 1 is 1.37 bits per heavy atom. The molecule has 0 atom stereocenters. The average Bonchev–Trinajstić information content (AvgIpc) is 2.34. The van der Waals surface area contributed by atoms with Gasteiger partial charge in [0, 0.05) is 12.3 Å². The molecule has 0 aliphatic carbocycles. The minimum Gasteiger partial charge on any atom is -0.388 e. The zero-order chi connectivity index (χ0) is 14.0. The minimum atomic E-state index is -0.852. The molecule has 4 nitrogen and oxygen atoms in total. The molecule has 0 aliphatic rings. The van der Waals surface area contributed by atoms with Crippen LogP contribution in [0.2, 0.25) is 5.02 Å². The predicted octanol–water partition coefficient (Wildman–Crippen LogP) is 2.79. The van der Waals surface area contributed by atoms with Crippen LogP contribution in [0.3, 0.4) is 0 Å². The van der Waals surface area contributed by atoms with Crippen molar-refractivity contribution in [3.05, 3.63) is 46.7 Å². The third kappa shape index (κ3) is 3.12. The van der Waals surface area contributed by atoms with Crippen LogP contribution in [0, 0.1) is 11.6 Å². The Morgan fingerprint density at radius 2 is 2.11 bits per heavy atom. The van der Waals surface area contributed by atoms with Gasteiger partial charge in [0.2, 0.25) is 5.95 Å². The highest BCUT2D eigenvalue weighted by Gasteiger charge is 2.12. The number of hydrogen-bond donors (Lipinski definition) is 2. The van der Waals surface area contributed by atoms with E-state index in [4.69, 9.17) is 29.6 Å². The van der Waals surface area contributed by atoms with Gasteiger partial charge in [-0.1, -0.05) is 23.8 Å². The summed E-state index contributed by atoms with van der Waals surface area (Å²) in [6.07, 6.45) is 1.40. The molecule has 0 spiro atoms. The SMILES string of the molecule is NC(=S)c1ccnc(Nc2c(F)cc(F)cc2Cl)n1. The van der Waals surface area contributed by atoms with E-state index in [1.807, 2.05) is 0 Å². The number of halogens is 3. The molecule has 2 aromatic rings. The van der Waals surface area contributed by atoms with Crippen LogP contribution in [0.5, 0.6) is 0 Å². The lowest BCUT2D eigenvalue weighted by atomic mass is 10.3. The van der Waals surface area contributed by atoms with Gasteiger partial charge < -0.3 is 11.1 Å². The van der Waals surface area contributed by atoms with E-state index in [2.05, 4.69) is 15.3 Å². The second-order valence-corrected chi connectivity index (χ2v) is 4.35. The van der Waals surface area contributed by atoms with E-state index in [1.165, 1.54) is 12.3 Å². The van der Waals surface area contributed by atoms with E-state index in [-0.39, 0.29) is 21.6 Å². The molecule has 98 valence electrons. The van der Waals surface area contributed by atoms with Gasteiger partial charge in [0.05, 0.1) is 10.7 Å². The number of nitrogens with two attached hydrogens (primary N) is 1. The van der Waals surface area contributed by atoms with Crippen molar-refractivity contribution >= 4 is 40.4 Å². The van der Waals surface area contributed by atoms with E-state index < -0.39 is 11.6 Å².